The monoisotopic (exact) mass is 273 g/mol. The van der Waals surface area contributed by atoms with E-state index < -0.39 is 12.2 Å². The normalized spacial score (nSPS) is 12.1. The SMILES string of the molecule is O=C(O)NCC[C@H](O)c1ccc(Br)cc1. The summed E-state index contributed by atoms with van der Waals surface area (Å²) in [6.45, 7) is 0.243. The molecule has 1 amide bonds. The molecule has 0 aliphatic carbocycles. The van der Waals surface area contributed by atoms with Gasteiger partial charge < -0.3 is 15.5 Å². The number of benzene rings is 1. The van der Waals surface area contributed by atoms with E-state index in [0.29, 0.717) is 6.42 Å². The van der Waals surface area contributed by atoms with E-state index in [-0.39, 0.29) is 6.54 Å². The van der Waals surface area contributed by atoms with Gasteiger partial charge in [-0.3, -0.25) is 0 Å². The number of amides is 1. The molecule has 1 atom stereocenters. The van der Waals surface area contributed by atoms with Gasteiger partial charge in [-0.05, 0) is 24.1 Å². The fourth-order valence-electron chi connectivity index (χ4n) is 1.17. The molecule has 0 saturated carbocycles. The summed E-state index contributed by atoms with van der Waals surface area (Å²) in [5.41, 5.74) is 0.783. The van der Waals surface area contributed by atoms with Crippen LogP contribution in [-0.2, 0) is 0 Å². The Morgan fingerprint density at radius 3 is 2.53 bits per heavy atom. The van der Waals surface area contributed by atoms with E-state index in [9.17, 15) is 9.90 Å². The van der Waals surface area contributed by atoms with Crippen LogP contribution in [0.4, 0.5) is 4.79 Å². The van der Waals surface area contributed by atoms with Crippen molar-refractivity contribution in [3.63, 3.8) is 0 Å². The number of halogens is 1. The van der Waals surface area contributed by atoms with Gasteiger partial charge in [0.2, 0.25) is 0 Å². The molecule has 0 fully saturated rings. The predicted molar refractivity (Wildman–Crippen MR) is 59.7 cm³/mol. The second-order valence-electron chi connectivity index (χ2n) is 3.09. The first-order valence-corrected chi connectivity index (χ1v) is 5.29. The molecule has 0 unspecified atom stereocenters. The topological polar surface area (TPSA) is 69.6 Å². The zero-order valence-electron chi connectivity index (χ0n) is 7.98. The van der Waals surface area contributed by atoms with Gasteiger partial charge in [0, 0.05) is 11.0 Å². The second-order valence-corrected chi connectivity index (χ2v) is 4.00. The third-order valence-electron chi connectivity index (χ3n) is 1.95. The maximum Gasteiger partial charge on any atom is 0.404 e. The number of rotatable bonds is 4. The van der Waals surface area contributed by atoms with Crippen molar-refractivity contribution in [1.82, 2.24) is 5.32 Å². The highest BCUT2D eigenvalue weighted by atomic mass is 79.9. The van der Waals surface area contributed by atoms with Crippen molar-refractivity contribution >= 4 is 22.0 Å². The third kappa shape index (κ3) is 4.31. The minimum Gasteiger partial charge on any atom is -0.465 e. The van der Waals surface area contributed by atoms with Crippen molar-refractivity contribution in [3.05, 3.63) is 34.3 Å². The first-order valence-electron chi connectivity index (χ1n) is 4.50. The summed E-state index contributed by atoms with van der Waals surface area (Å²) < 4.78 is 0.946. The molecule has 1 rings (SSSR count). The smallest absolute Gasteiger partial charge is 0.404 e. The van der Waals surface area contributed by atoms with Crippen LogP contribution in [0.1, 0.15) is 18.1 Å². The Balaban J connectivity index is 2.43. The Kier molecular flexibility index (Phi) is 4.58. The van der Waals surface area contributed by atoms with Gasteiger partial charge in [-0.2, -0.15) is 0 Å². The van der Waals surface area contributed by atoms with Crippen LogP contribution in [0.5, 0.6) is 0 Å². The molecule has 15 heavy (non-hydrogen) atoms. The summed E-state index contributed by atoms with van der Waals surface area (Å²) in [6, 6.07) is 7.28. The average molecular weight is 274 g/mol. The van der Waals surface area contributed by atoms with E-state index in [0.717, 1.165) is 10.0 Å². The Morgan fingerprint density at radius 1 is 1.40 bits per heavy atom. The van der Waals surface area contributed by atoms with E-state index >= 15 is 0 Å². The van der Waals surface area contributed by atoms with Crippen LogP contribution >= 0.6 is 15.9 Å². The minimum absolute atomic E-state index is 0.243. The summed E-state index contributed by atoms with van der Waals surface area (Å²) in [4.78, 5) is 10.2. The Bertz CT molecular complexity index is 326. The molecule has 3 N–H and O–H groups in total. The molecule has 0 spiro atoms. The highest BCUT2D eigenvalue weighted by molar-refractivity contribution is 9.10. The van der Waals surface area contributed by atoms with Gasteiger partial charge in [-0.25, -0.2) is 4.79 Å². The van der Waals surface area contributed by atoms with Crippen LogP contribution < -0.4 is 5.32 Å². The van der Waals surface area contributed by atoms with Crippen molar-refractivity contribution in [2.45, 2.75) is 12.5 Å². The molecule has 0 bridgehead atoms. The van der Waals surface area contributed by atoms with Crippen molar-refractivity contribution in [1.29, 1.82) is 0 Å². The number of aliphatic hydroxyl groups excluding tert-OH is 1. The van der Waals surface area contributed by atoms with E-state index in [2.05, 4.69) is 21.2 Å². The van der Waals surface area contributed by atoms with Gasteiger partial charge in [-0.1, -0.05) is 28.1 Å². The number of aliphatic hydroxyl groups is 1. The maximum absolute atomic E-state index is 10.2. The molecule has 1 aromatic carbocycles. The maximum atomic E-state index is 10.2. The molecule has 0 aliphatic heterocycles. The van der Waals surface area contributed by atoms with Crippen LogP contribution in [0.25, 0.3) is 0 Å². The number of carboxylic acid groups (broad SMARTS) is 1. The number of hydrogen-bond donors (Lipinski definition) is 3. The fourth-order valence-corrected chi connectivity index (χ4v) is 1.43. The molecule has 82 valence electrons. The van der Waals surface area contributed by atoms with Crippen molar-refractivity contribution in [3.8, 4) is 0 Å². The lowest BCUT2D eigenvalue weighted by Gasteiger charge is -2.10. The summed E-state index contributed by atoms with van der Waals surface area (Å²) >= 11 is 3.29. The van der Waals surface area contributed by atoms with Crippen molar-refractivity contribution in [2.24, 2.45) is 0 Å². The van der Waals surface area contributed by atoms with Crippen LogP contribution in [0.2, 0.25) is 0 Å². The summed E-state index contributed by atoms with van der Waals surface area (Å²) in [6.07, 6.45) is -1.34. The van der Waals surface area contributed by atoms with Crippen molar-refractivity contribution in [2.75, 3.05) is 6.54 Å². The first-order chi connectivity index (χ1) is 7.09. The average Bonchev–Trinajstić information content (AvgIpc) is 2.18. The molecule has 0 aromatic heterocycles. The number of nitrogens with one attached hydrogen (secondary N) is 1. The lowest BCUT2D eigenvalue weighted by Crippen LogP contribution is -2.23. The number of carbonyl (C=O) groups is 1. The Morgan fingerprint density at radius 2 is 2.00 bits per heavy atom. The first kappa shape index (κ1) is 12.0. The van der Waals surface area contributed by atoms with Gasteiger partial charge in [0.15, 0.2) is 0 Å². The summed E-state index contributed by atoms with van der Waals surface area (Å²) in [5, 5.41) is 20.2. The lowest BCUT2D eigenvalue weighted by molar-refractivity contribution is 0.162. The van der Waals surface area contributed by atoms with Crippen LogP contribution in [0.3, 0.4) is 0 Å². The van der Waals surface area contributed by atoms with Gasteiger partial charge in [0.25, 0.3) is 0 Å². The zero-order chi connectivity index (χ0) is 11.3. The van der Waals surface area contributed by atoms with Gasteiger partial charge in [0.1, 0.15) is 0 Å². The largest absolute Gasteiger partial charge is 0.465 e. The summed E-state index contributed by atoms with van der Waals surface area (Å²) in [7, 11) is 0. The molecule has 4 nitrogen and oxygen atoms in total. The van der Waals surface area contributed by atoms with E-state index in [1.807, 2.05) is 12.1 Å². The van der Waals surface area contributed by atoms with E-state index in [4.69, 9.17) is 5.11 Å². The molecule has 5 heteroatoms. The third-order valence-corrected chi connectivity index (χ3v) is 2.48. The van der Waals surface area contributed by atoms with Crippen molar-refractivity contribution < 1.29 is 15.0 Å². The second kappa shape index (κ2) is 5.72. The molecular weight excluding hydrogens is 262 g/mol. The van der Waals surface area contributed by atoms with Crippen LogP contribution in [0, 0.1) is 0 Å². The molecular formula is C10H12BrNO3. The quantitative estimate of drug-likeness (QED) is 0.787. The lowest BCUT2D eigenvalue weighted by atomic mass is 10.1. The number of hydrogen-bond acceptors (Lipinski definition) is 2. The van der Waals surface area contributed by atoms with Crippen LogP contribution in [-0.4, -0.2) is 22.9 Å². The van der Waals surface area contributed by atoms with E-state index in [1.54, 1.807) is 12.1 Å². The highest BCUT2D eigenvalue weighted by Gasteiger charge is 2.07. The standard InChI is InChI=1S/C10H12BrNO3/c11-8-3-1-7(2-4-8)9(13)5-6-12-10(14)15/h1-4,9,12-13H,5-6H2,(H,14,15)/t9-/m0/s1. The predicted octanol–water partition coefficient (Wildman–Crippen LogP) is 2.14. The fraction of sp³-hybridized carbons (Fsp3) is 0.300. The summed E-state index contributed by atoms with van der Waals surface area (Å²) in [5.74, 6) is 0. The van der Waals surface area contributed by atoms with Gasteiger partial charge in [-0.15, -0.1) is 0 Å². The molecule has 0 saturated heterocycles. The molecule has 0 heterocycles. The highest BCUT2D eigenvalue weighted by Crippen LogP contribution is 2.18. The Hall–Kier alpha value is -1.07. The Labute approximate surface area is 96.1 Å². The zero-order valence-corrected chi connectivity index (χ0v) is 9.57. The molecule has 0 aliphatic rings. The molecule has 1 aromatic rings. The van der Waals surface area contributed by atoms with E-state index in [1.165, 1.54) is 0 Å². The van der Waals surface area contributed by atoms with Crippen LogP contribution in [0.15, 0.2) is 28.7 Å². The van der Waals surface area contributed by atoms with Gasteiger partial charge in [0.05, 0.1) is 6.10 Å². The van der Waals surface area contributed by atoms with Gasteiger partial charge >= 0.3 is 6.09 Å². The minimum atomic E-state index is -1.07. The molecule has 0 radical (unpaired) electrons.